The highest BCUT2D eigenvalue weighted by Crippen LogP contribution is 2.25. The van der Waals surface area contributed by atoms with Gasteiger partial charge in [-0.3, -0.25) is 4.79 Å². The Hall–Kier alpha value is -2.21. The largest absolute Gasteiger partial charge is 0.336 e. The van der Waals surface area contributed by atoms with Gasteiger partial charge in [-0.05, 0) is 46.3 Å². The topological polar surface area (TPSA) is 81.5 Å². The van der Waals surface area contributed by atoms with Gasteiger partial charge < -0.3 is 4.90 Å². The summed E-state index contributed by atoms with van der Waals surface area (Å²) >= 11 is 3.28. The quantitative estimate of drug-likeness (QED) is 0.744. The third-order valence-electron chi connectivity index (χ3n) is 4.22. The zero-order valence-electron chi connectivity index (χ0n) is 13.8. The molecular weight excluding hydrogens is 418 g/mol. The van der Waals surface area contributed by atoms with E-state index in [9.17, 15) is 13.2 Å². The van der Waals surface area contributed by atoms with Crippen molar-refractivity contribution in [1.82, 2.24) is 9.21 Å². The summed E-state index contributed by atoms with van der Waals surface area (Å²) in [4.78, 5) is 14.4. The smallest absolute Gasteiger partial charge is 0.253 e. The normalized spacial score (nSPS) is 15.5. The van der Waals surface area contributed by atoms with E-state index in [2.05, 4.69) is 15.9 Å². The van der Waals surface area contributed by atoms with Crippen molar-refractivity contribution in [3.05, 3.63) is 64.1 Å². The highest BCUT2D eigenvalue weighted by molar-refractivity contribution is 9.10. The molecule has 0 unspecified atom stereocenters. The second-order valence-electron chi connectivity index (χ2n) is 5.82. The Morgan fingerprint density at radius 3 is 2.38 bits per heavy atom. The van der Waals surface area contributed by atoms with Gasteiger partial charge in [-0.1, -0.05) is 18.2 Å². The van der Waals surface area contributed by atoms with E-state index in [1.54, 1.807) is 53.4 Å². The Kier molecular flexibility index (Phi) is 5.41. The average Bonchev–Trinajstić information content (AvgIpc) is 2.67. The second kappa shape index (κ2) is 7.58. The van der Waals surface area contributed by atoms with Crippen molar-refractivity contribution in [3.8, 4) is 6.07 Å². The Morgan fingerprint density at radius 2 is 1.73 bits per heavy atom. The maximum Gasteiger partial charge on any atom is 0.253 e. The van der Waals surface area contributed by atoms with Gasteiger partial charge in [0.05, 0.1) is 16.5 Å². The Morgan fingerprint density at radius 1 is 1.04 bits per heavy atom. The van der Waals surface area contributed by atoms with Crippen LogP contribution in [0.5, 0.6) is 0 Å². The zero-order chi connectivity index (χ0) is 18.7. The number of hydrogen-bond donors (Lipinski definition) is 0. The highest BCUT2D eigenvalue weighted by Gasteiger charge is 2.31. The number of rotatable bonds is 3. The number of nitrogens with zero attached hydrogens (tertiary/aromatic N) is 3. The zero-order valence-corrected chi connectivity index (χ0v) is 16.2. The molecule has 2 aromatic rings. The SMILES string of the molecule is N#Cc1cccc(C(=O)N2CCN(S(=O)(=O)c3ccccc3Br)CC2)c1. The fourth-order valence-electron chi connectivity index (χ4n) is 2.83. The number of hydrogen-bond acceptors (Lipinski definition) is 4. The van der Waals surface area contributed by atoms with Gasteiger partial charge in [0.25, 0.3) is 5.91 Å². The molecule has 0 bridgehead atoms. The Bertz CT molecular complexity index is 977. The Labute approximate surface area is 160 Å². The molecule has 8 heteroatoms. The number of nitriles is 1. The predicted molar refractivity (Wildman–Crippen MR) is 100.0 cm³/mol. The lowest BCUT2D eigenvalue weighted by Gasteiger charge is -2.34. The first kappa shape index (κ1) is 18.6. The average molecular weight is 434 g/mol. The van der Waals surface area contributed by atoms with Crippen molar-refractivity contribution in [2.75, 3.05) is 26.2 Å². The van der Waals surface area contributed by atoms with Crippen LogP contribution in [-0.2, 0) is 10.0 Å². The summed E-state index contributed by atoms with van der Waals surface area (Å²) in [6, 6.07) is 15.2. The number of carbonyl (C=O) groups is 1. The first-order valence-electron chi connectivity index (χ1n) is 7.97. The van der Waals surface area contributed by atoms with Crippen LogP contribution in [0.2, 0.25) is 0 Å². The lowest BCUT2D eigenvalue weighted by Crippen LogP contribution is -2.50. The first-order valence-corrected chi connectivity index (χ1v) is 10.2. The van der Waals surface area contributed by atoms with Gasteiger partial charge >= 0.3 is 0 Å². The molecule has 1 saturated heterocycles. The van der Waals surface area contributed by atoms with Crippen LogP contribution in [0.4, 0.5) is 0 Å². The molecule has 0 aliphatic carbocycles. The van der Waals surface area contributed by atoms with Crippen LogP contribution in [0.15, 0.2) is 57.9 Å². The minimum atomic E-state index is -3.61. The van der Waals surface area contributed by atoms with Crippen LogP contribution in [-0.4, -0.2) is 49.7 Å². The van der Waals surface area contributed by atoms with Gasteiger partial charge in [0, 0.05) is 36.2 Å². The van der Waals surface area contributed by atoms with Crippen LogP contribution >= 0.6 is 15.9 Å². The molecule has 3 rings (SSSR count). The lowest BCUT2D eigenvalue weighted by molar-refractivity contribution is 0.0698. The summed E-state index contributed by atoms with van der Waals surface area (Å²) in [6.45, 7) is 1.07. The number of halogens is 1. The molecule has 0 aromatic heterocycles. The highest BCUT2D eigenvalue weighted by atomic mass is 79.9. The maximum absolute atomic E-state index is 12.8. The van der Waals surface area contributed by atoms with Gasteiger partial charge in [-0.2, -0.15) is 9.57 Å². The van der Waals surface area contributed by atoms with Gasteiger partial charge in [0.2, 0.25) is 10.0 Å². The van der Waals surface area contributed by atoms with Crippen LogP contribution < -0.4 is 0 Å². The van der Waals surface area contributed by atoms with E-state index in [1.165, 1.54) is 4.31 Å². The fourth-order valence-corrected chi connectivity index (χ4v) is 5.21. The summed E-state index contributed by atoms with van der Waals surface area (Å²) in [5, 5.41) is 8.96. The van der Waals surface area contributed by atoms with Crippen LogP contribution in [0, 0.1) is 11.3 Å². The number of amides is 1. The number of sulfonamides is 1. The monoisotopic (exact) mass is 433 g/mol. The maximum atomic E-state index is 12.8. The fraction of sp³-hybridized carbons (Fsp3) is 0.222. The van der Waals surface area contributed by atoms with Crippen molar-refractivity contribution >= 4 is 31.9 Å². The van der Waals surface area contributed by atoms with E-state index in [0.717, 1.165) is 0 Å². The molecule has 2 aromatic carbocycles. The lowest BCUT2D eigenvalue weighted by atomic mass is 10.1. The third kappa shape index (κ3) is 3.65. The van der Waals surface area contributed by atoms with Gasteiger partial charge in [-0.25, -0.2) is 8.42 Å². The molecule has 26 heavy (non-hydrogen) atoms. The van der Waals surface area contributed by atoms with Crippen molar-refractivity contribution in [2.24, 2.45) is 0 Å². The summed E-state index contributed by atoms with van der Waals surface area (Å²) < 4.78 is 27.5. The third-order valence-corrected chi connectivity index (χ3v) is 7.13. The molecule has 1 fully saturated rings. The molecular formula is C18H16BrN3O3S. The number of carbonyl (C=O) groups excluding carboxylic acids is 1. The molecule has 134 valence electrons. The van der Waals surface area contributed by atoms with E-state index >= 15 is 0 Å². The number of benzene rings is 2. The van der Waals surface area contributed by atoms with Crippen LogP contribution in [0.3, 0.4) is 0 Å². The summed E-state index contributed by atoms with van der Waals surface area (Å²) in [5.74, 6) is -0.194. The summed E-state index contributed by atoms with van der Waals surface area (Å²) in [7, 11) is -3.61. The summed E-state index contributed by atoms with van der Waals surface area (Å²) in [6.07, 6.45) is 0. The van der Waals surface area contributed by atoms with E-state index in [4.69, 9.17) is 5.26 Å². The molecule has 1 aliphatic rings. The second-order valence-corrected chi connectivity index (χ2v) is 8.58. The van der Waals surface area contributed by atoms with Crippen molar-refractivity contribution < 1.29 is 13.2 Å². The molecule has 6 nitrogen and oxygen atoms in total. The molecule has 0 saturated carbocycles. The molecule has 1 amide bonds. The summed E-state index contributed by atoms with van der Waals surface area (Å²) in [5.41, 5.74) is 0.858. The molecule has 1 aliphatic heterocycles. The van der Waals surface area contributed by atoms with Gasteiger partial charge in [-0.15, -0.1) is 0 Å². The predicted octanol–water partition coefficient (Wildman–Crippen LogP) is 2.47. The minimum absolute atomic E-state index is 0.194. The molecule has 0 atom stereocenters. The van der Waals surface area contributed by atoms with E-state index in [-0.39, 0.29) is 23.9 Å². The minimum Gasteiger partial charge on any atom is -0.336 e. The molecule has 0 spiro atoms. The van der Waals surface area contributed by atoms with Crippen LogP contribution in [0.25, 0.3) is 0 Å². The molecule has 0 N–H and O–H groups in total. The van der Waals surface area contributed by atoms with Gasteiger partial charge in [0.15, 0.2) is 0 Å². The van der Waals surface area contributed by atoms with Crippen molar-refractivity contribution in [3.63, 3.8) is 0 Å². The Balaban J connectivity index is 1.72. The number of piperazine rings is 1. The van der Waals surface area contributed by atoms with Crippen molar-refractivity contribution in [2.45, 2.75) is 4.90 Å². The molecule has 1 heterocycles. The van der Waals surface area contributed by atoms with E-state index < -0.39 is 10.0 Å². The van der Waals surface area contributed by atoms with Gasteiger partial charge in [0.1, 0.15) is 0 Å². The first-order chi connectivity index (χ1) is 12.4. The molecule has 0 radical (unpaired) electrons. The van der Waals surface area contributed by atoms with E-state index in [1.807, 2.05) is 6.07 Å². The van der Waals surface area contributed by atoms with E-state index in [0.29, 0.717) is 28.7 Å². The standard InChI is InChI=1S/C18H16BrN3O3S/c19-16-6-1-2-7-17(16)26(24,25)22-10-8-21(9-11-22)18(23)15-5-3-4-14(12-15)13-20/h1-7,12H,8-11H2. The van der Waals surface area contributed by atoms with Crippen molar-refractivity contribution in [1.29, 1.82) is 5.26 Å². The van der Waals surface area contributed by atoms with Crippen LogP contribution in [0.1, 0.15) is 15.9 Å².